The number of rotatable bonds is 5. The molecule has 6 nitrogen and oxygen atoms in total. The van der Waals surface area contributed by atoms with Crippen molar-refractivity contribution >= 4 is 16.9 Å². The van der Waals surface area contributed by atoms with E-state index in [1.54, 1.807) is 4.68 Å². The molecule has 19 heavy (non-hydrogen) atoms. The van der Waals surface area contributed by atoms with Crippen molar-refractivity contribution < 1.29 is 4.79 Å². The molecule has 0 aliphatic rings. The zero-order valence-electron chi connectivity index (χ0n) is 11.3. The molecule has 1 amide bonds. The van der Waals surface area contributed by atoms with Gasteiger partial charge in [0, 0.05) is 19.5 Å². The highest BCUT2D eigenvalue weighted by Gasteiger charge is 2.08. The lowest BCUT2D eigenvalue weighted by Gasteiger charge is -2.05. The number of nitrogens with zero attached hydrogens (tertiary/aromatic N) is 3. The highest BCUT2D eigenvalue weighted by Crippen LogP contribution is 2.17. The Balaban J connectivity index is 2.09. The minimum absolute atomic E-state index is 0.0158. The molecule has 0 aliphatic heterocycles. The number of carbonyl (C=O) groups excluding carboxylic acids is 1. The monoisotopic (exact) mass is 261 g/mol. The minimum atomic E-state index is -0.0158. The SMILES string of the molecule is Cc1cc2nnn(CCC(=O)NCCN)c2cc1C. The molecule has 0 saturated heterocycles. The largest absolute Gasteiger partial charge is 0.355 e. The number of hydrogen-bond acceptors (Lipinski definition) is 4. The summed E-state index contributed by atoms with van der Waals surface area (Å²) in [7, 11) is 0. The van der Waals surface area contributed by atoms with Gasteiger partial charge in [-0.05, 0) is 37.1 Å². The van der Waals surface area contributed by atoms with Crippen molar-refractivity contribution in [3.05, 3.63) is 23.3 Å². The number of aryl methyl sites for hydroxylation is 3. The van der Waals surface area contributed by atoms with Crippen LogP contribution in [0.1, 0.15) is 17.5 Å². The third-order valence-electron chi connectivity index (χ3n) is 3.15. The van der Waals surface area contributed by atoms with Gasteiger partial charge < -0.3 is 11.1 Å². The first-order valence-electron chi connectivity index (χ1n) is 6.39. The Bertz CT molecular complexity index is 590. The van der Waals surface area contributed by atoms with Crippen molar-refractivity contribution in [3.63, 3.8) is 0 Å². The van der Waals surface area contributed by atoms with Crippen molar-refractivity contribution in [2.24, 2.45) is 5.73 Å². The van der Waals surface area contributed by atoms with Crippen LogP contribution in [0.5, 0.6) is 0 Å². The first kappa shape index (κ1) is 13.5. The van der Waals surface area contributed by atoms with Crippen molar-refractivity contribution in [2.75, 3.05) is 13.1 Å². The number of carbonyl (C=O) groups is 1. The highest BCUT2D eigenvalue weighted by molar-refractivity contribution is 5.78. The van der Waals surface area contributed by atoms with Gasteiger partial charge in [0.1, 0.15) is 5.52 Å². The molecule has 102 valence electrons. The molecule has 0 spiro atoms. The Hall–Kier alpha value is -1.95. The summed E-state index contributed by atoms with van der Waals surface area (Å²) in [5, 5.41) is 11.0. The first-order valence-corrected chi connectivity index (χ1v) is 6.39. The molecule has 1 aromatic heterocycles. The summed E-state index contributed by atoms with van der Waals surface area (Å²) in [6, 6.07) is 4.07. The maximum Gasteiger partial charge on any atom is 0.221 e. The average molecular weight is 261 g/mol. The second-order valence-corrected chi connectivity index (χ2v) is 4.63. The Kier molecular flexibility index (Phi) is 4.11. The van der Waals surface area contributed by atoms with E-state index in [4.69, 9.17) is 5.73 Å². The minimum Gasteiger partial charge on any atom is -0.355 e. The molecular weight excluding hydrogens is 242 g/mol. The topological polar surface area (TPSA) is 85.8 Å². The van der Waals surface area contributed by atoms with Gasteiger partial charge in [-0.1, -0.05) is 5.21 Å². The summed E-state index contributed by atoms with van der Waals surface area (Å²) in [5.41, 5.74) is 9.56. The normalized spacial score (nSPS) is 10.9. The fourth-order valence-electron chi connectivity index (χ4n) is 1.90. The number of amides is 1. The van der Waals surface area contributed by atoms with Gasteiger partial charge in [-0.2, -0.15) is 0 Å². The molecule has 1 heterocycles. The lowest BCUT2D eigenvalue weighted by Crippen LogP contribution is -2.29. The maximum atomic E-state index is 11.5. The predicted octanol–water partition coefficient (Wildman–Crippen LogP) is 0.513. The van der Waals surface area contributed by atoms with Crippen LogP contribution < -0.4 is 11.1 Å². The van der Waals surface area contributed by atoms with E-state index < -0.39 is 0 Å². The van der Waals surface area contributed by atoms with E-state index in [0.717, 1.165) is 11.0 Å². The predicted molar refractivity (Wildman–Crippen MR) is 73.7 cm³/mol. The van der Waals surface area contributed by atoms with E-state index in [9.17, 15) is 4.79 Å². The Morgan fingerprint density at radius 3 is 2.84 bits per heavy atom. The molecule has 0 saturated carbocycles. The van der Waals surface area contributed by atoms with Gasteiger partial charge in [0.15, 0.2) is 0 Å². The highest BCUT2D eigenvalue weighted by atomic mass is 16.1. The molecule has 6 heteroatoms. The second-order valence-electron chi connectivity index (χ2n) is 4.63. The Morgan fingerprint density at radius 2 is 2.11 bits per heavy atom. The van der Waals surface area contributed by atoms with E-state index in [1.165, 1.54) is 11.1 Å². The molecule has 2 rings (SSSR count). The molecule has 1 aromatic carbocycles. The van der Waals surface area contributed by atoms with Crippen LogP contribution in [0.2, 0.25) is 0 Å². The summed E-state index contributed by atoms with van der Waals surface area (Å²) in [6.07, 6.45) is 0.380. The van der Waals surface area contributed by atoms with Gasteiger partial charge in [0.25, 0.3) is 0 Å². The van der Waals surface area contributed by atoms with Crippen LogP contribution in [0, 0.1) is 13.8 Å². The number of nitrogens with one attached hydrogen (secondary N) is 1. The molecule has 0 bridgehead atoms. The van der Waals surface area contributed by atoms with Gasteiger partial charge in [-0.3, -0.25) is 4.79 Å². The van der Waals surface area contributed by atoms with Crippen molar-refractivity contribution in [2.45, 2.75) is 26.8 Å². The molecule has 0 atom stereocenters. The fourth-order valence-corrected chi connectivity index (χ4v) is 1.90. The van der Waals surface area contributed by atoms with Crippen molar-refractivity contribution in [1.29, 1.82) is 0 Å². The van der Waals surface area contributed by atoms with Gasteiger partial charge in [0.05, 0.1) is 12.1 Å². The second kappa shape index (κ2) is 5.79. The molecule has 0 aliphatic carbocycles. The lowest BCUT2D eigenvalue weighted by atomic mass is 10.1. The zero-order chi connectivity index (χ0) is 13.8. The molecule has 3 N–H and O–H groups in total. The summed E-state index contributed by atoms with van der Waals surface area (Å²) < 4.78 is 1.77. The smallest absolute Gasteiger partial charge is 0.221 e. The summed E-state index contributed by atoms with van der Waals surface area (Å²) in [5.74, 6) is -0.0158. The number of nitrogens with two attached hydrogens (primary N) is 1. The summed E-state index contributed by atoms with van der Waals surface area (Å²) in [4.78, 5) is 11.5. The number of hydrogen-bond donors (Lipinski definition) is 2. The van der Waals surface area contributed by atoms with Crippen LogP contribution in [0.25, 0.3) is 11.0 Å². The third-order valence-corrected chi connectivity index (χ3v) is 3.15. The molecule has 0 unspecified atom stereocenters. The van der Waals surface area contributed by atoms with E-state index in [-0.39, 0.29) is 5.91 Å². The summed E-state index contributed by atoms with van der Waals surface area (Å²) >= 11 is 0. The number of fused-ring (bicyclic) bond motifs is 1. The van der Waals surface area contributed by atoms with E-state index in [1.807, 2.05) is 13.0 Å². The van der Waals surface area contributed by atoms with Crippen LogP contribution in [-0.4, -0.2) is 34.0 Å². The Labute approximate surface area is 112 Å². The fraction of sp³-hybridized carbons (Fsp3) is 0.462. The van der Waals surface area contributed by atoms with Gasteiger partial charge in [-0.15, -0.1) is 5.10 Å². The van der Waals surface area contributed by atoms with Crippen molar-refractivity contribution in [1.82, 2.24) is 20.3 Å². The third kappa shape index (κ3) is 3.08. The molecule has 2 aromatic rings. The van der Waals surface area contributed by atoms with Gasteiger partial charge in [-0.25, -0.2) is 4.68 Å². The van der Waals surface area contributed by atoms with Crippen LogP contribution in [-0.2, 0) is 11.3 Å². The van der Waals surface area contributed by atoms with Crippen LogP contribution >= 0.6 is 0 Å². The number of benzene rings is 1. The van der Waals surface area contributed by atoms with Gasteiger partial charge >= 0.3 is 0 Å². The maximum absolute atomic E-state index is 11.5. The Morgan fingerprint density at radius 1 is 1.37 bits per heavy atom. The molecule has 0 fully saturated rings. The van der Waals surface area contributed by atoms with Crippen LogP contribution in [0.3, 0.4) is 0 Å². The van der Waals surface area contributed by atoms with E-state index in [2.05, 4.69) is 28.6 Å². The standard InChI is InChI=1S/C13H19N5O/c1-9-7-11-12(8-10(9)2)18(17-16-11)6-3-13(19)15-5-4-14/h7-8H,3-6,14H2,1-2H3,(H,15,19). The zero-order valence-corrected chi connectivity index (χ0v) is 11.3. The molecule has 0 radical (unpaired) electrons. The quantitative estimate of drug-likeness (QED) is 0.821. The lowest BCUT2D eigenvalue weighted by molar-refractivity contribution is -0.121. The number of aromatic nitrogens is 3. The average Bonchev–Trinajstić information content (AvgIpc) is 2.77. The van der Waals surface area contributed by atoms with Crippen LogP contribution in [0.15, 0.2) is 12.1 Å². The first-order chi connectivity index (χ1) is 9.11. The summed E-state index contributed by atoms with van der Waals surface area (Å²) in [6.45, 7) is 5.59. The van der Waals surface area contributed by atoms with E-state index in [0.29, 0.717) is 26.1 Å². The van der Waals surface area contributed by atoms with Gasteiger partial charge in [0.2, 0.25) is 5.91 Å². The van der Waals surface area contributed by atoms with Crippen LogP contribution in [0.4, 0.5) is 0 Å². The van der Waals surface area contributed by atoms with Crippen molar-refractivity contribution in [3.8, 4) is 0 Å². The van der Waals surface area contributed by atoms with E-state index >= 15 is 0 Å². The molecular formula is C13H19N5O.